The quantitative estimate of drug-likeness (QED) is 0.492. The number of anilines is 1. The Morgan fingerprint density at radius 3 is 2.80 bits per heavy atom. The van der Waals surface area contributed by atoms with E-state index in [1.807, 2.05) is 31.2 Å². The van der Waals surface area contributed by atoms with E-state index in [9.17, 15) is 4.79 Å². The zero-order valence-corrected chi connectivity index (χ0v) is 11.8. The average molecular weight is 275 g/mol. The van der Waals surface area contributed by atoms with Crippen LogP contribution in [0.2, 0.25) is 0 Å². The van der Waals surface area contributed by atoms with E-state index in [0.717, 1.165) is 24.1 Å². The van der Waals surface area contributed by atoms with Crippen LogP contribution < -0.4 is 11.1 Å². The van der Waals surface area contributed by atoms with Crippen molar-refractivity contribution >= 4 is 17.4 Å². The predicted molar refractivity (Wildman–Crippen MR) is 79.3 cm³/mol. The standard InChI is InChI=1S/C15H21N3O2/c1-11-6-2-5-9-13(11)17-14(19)10-20-18-15(16)12-7-3-4-8-12/h2,5-6,9,12H,3-4,7-8,10H2,1H3,(H2,16,18)(H,17,19). The fourth-order valence-electron chi connectivity index (χ4n) is 2.36. The Morgan fingerprint density at radius 1 is 1.40 bits per heavy atom. The number of benzene rings is 1. The molecule has 1 aromatic carbocycles. The van der Waals surface area contributed by atoms with E-state index < -0.39 is 0 Å². The molecule has 0 bridgehead atoms. The molecule has 0 aliphatic heterocycles. The number of nitrogens with one attached hydrogen (secondary N) is 1. The monoisotopic (exact) mass is 275 g/mol. The highest BCUT2D eigenvalue weighted by molar-refractivity contribution is 5.92. The molecule has 1 aliphatic carbocycles. The number of para-hydroxylation sites is 1. The third kappa shape index (κ3) is 3.98. The van der Waals surface area contributed by atoms with E-state index in [4.69, 9.17) is 10.6 Å². The van der Waals surface area contributed by atoms with Gasteiger partial charge in [-0.3, -0.25) is 4.79 Å². The summed E-state index contributed by atoms with van der Waals surface area (Å²) >= 11 is 0. The molecular formula is C15H21N3O2. The number of carbonyl (C=O) groups excluding carboxylic acids is 1. The Morgan fingerprint density at radius 2 is 2.10 bits per heavy atom. The van der Waals surface area contributed by atoms with Gasteiger partial charge in [0.1, 0.15) is 5.84 Å². The second-order valence-corrected chi connectivity index (χ2v) is 5.13. The van der Waals surface area contributed by atoms with E-state index in [1.54, 1.807) is 0 Å². The number of hydrogen-bond acceptors (Lipinski definition) is 3. The number of nitrogens with zero attached hydrogens (tertiary/aromatic N) is 1. The van der Waals surface area contributed by atoms with E-state index in [1.165, 1.54) is 12.8 Å². The van der Waals surface area contributed by atoms with E-state index in [-0.39, 0.29) is 12.5 Å². The molecule has 3 N–H and O–H groups in total. The molecule has 5 heteroatoms. The first-order valence-corrected chi connectivity index (χ1v) is 6.97. The number of hydrogen-bond donors (Lipinski definition) is 2. The van der Waals surface area contributed by atoms with Crippen LogP contribution in [0.3, 0.4) is 0 Å². The number of aryl methyl sites for hydroxylation is 1. The third-order valence-corrected chi connectivity index (χ3v) is 3.56. The van der Waals surface area contributed by atoms with E-state index >= 15 is 0 Å². The van der Waals surface area contributed by atoms with Gasteiger partial charge in [0.05, 0.1) is 0 Å². The molecule has 0 atom stereocenters. The first kappa shape index (κ1) is 14.4. The maximum absolute atomic E-state index is 11.7. The number of oxime groups is 1. The van der Waals surface area contributed by atoms with Crippen molar-refractivity contribution in [3.05, 3.63) is 29.8 Å². The molecule has 2 rings (SSSR count). The van der Waals surface area contributed by atoms with Crippen LogP contribution in [0.15, 0.2) is 29.4 Å². The lowest BCUT2D eigenvalue weighted by Gasteiger charge is -2.09. The number of amidine groups is 1. The Labute approximate surface area is 119 Å². The summed E-state index contributed by atoms with van der Waals surface area (Å²) in [5.74, 6) is 0.586. The Bertz CT molecular complexity index is 494. The van der Waals surface area contributed by atoms with Crippen molar-refractivity contribution in [2.45, 2.75) is 32.6 Å². The Balaban J connectivity index is 1.78. The molecule has 1 fully saturated rings. The van der Waals surface area contributed by atoms with Crippen molar-refractivity contribution in [1.82, 2.24) is 0 Å². The summed E-state index contributed by atoms with van der Waals surface area (Å²) in [5.41, 5.74) is 7.63. The lowest BCUT2D eigenvalue weighted by molar-refractivity contribution is -0.120. The topological polar surface area (TPSA) is 76.7 Å². The van der Waals surface area contributed by atoms with Gasteiger partial charge < -0.3 is 15.9 Å². The van der Waals surface area contributed by atoms with Crippen LogP contribution in [-0.2, 0) is 9.63 Å². The van der Waals surface area contributed by atoms with Gasteiger partial charge in [-0.25, -0.2) is 0 Å². The van der Waals surface area contributed by atoms with Crippen LogP contribution >= 0.6 is 0 Å². The summed E-state index contributed by atoms with van der Waals surface area (Å²) in [5, 5.41) is 6.62. The fraction of sp³-hybridized carbons (Fsp3) is 0.467. The normalized spacial score (nSPS) is 16.1. The number of amides is 1. The SMILES string of the molecule is Cc1ccccc1NC(=O)CO/N=C(\N)C1CCCC1. The molecule has 0 saturated heterocycles. The van der Waals surface area contributed by atoms with Crippen molar-refractivity contribution in [2.75, 3.05) is 11.9 Å². The Hall–Kier alpha value is -2.04. The van der Waals surface area contributed by atoms with Gasteiger partial charge >= 0.3 is 0 Å². The van der Waals surface area contributed by atoms with Crippen LogP contribution in [0.1, 0.15) is 31.2 Å². The number of carbonyl (C=O) groups is 1. The minimum atomic E-state index is -0.234. The number of nitrogens with two attached hydrogens (primary N) is 1. The molecule has 5 nitrogen and oxygen atoms in total. The lowest BCUT2D eigenvalue weighted by atomic mass is 10.1. The zero-order chi connectivity index (χ0) is 14.4. The van der Waals surface area contributed by atoms with Crippen molar-refractivity contribution in [3.8, 4) is 0 Å². The molecule has 0 spiro atoms. The molecule has 1 saturated carbocycles. The molecule has 1 aromatic rings. The van der Waals surface area contributed by atoms with Gasteiger partial charge in [0, 0.05) is 11.6 Å². The van der Waals surface area contributed by atoms with Gasteiger partial charge in [-0.05, 0) is 31.4 Å². The molecule has 108 valence electrons. The van der Waals surface area contributed by atoms with E-state index in [0.29, 0.717) is 11.8 Å². The largest absolute Gasteiger partial charge is 0.384 e. The summed E-state index contributed by atoms with van der Waals surface area (Å²) in [6, 6.07) is 7.59. The molecule has 1 amide bonds. The molecule has 0 radical (unpaired) electrons. The first-order chi connectivity index (χ1) is 9.66. The molecule has 0 heterocycles. The van der Waals surface area contributed by atoms with Gasteiger partial charge in [0.25, 0.3) is 5.91 Å². The van der Waals surface area contributed by atoms with Crippen LogP contribution in [0.25, 0.3) is 0 Å². The highest BCUT2D eigenvalue weighted by Crippen LogP contribution is 2.24. The molecule has 0 unspecified atom stereocenters. The second kappa shape index (κ2) is 6.93. The van der Waals surface area contributed by atoms with Crippen LogP contribution in [0.4, 0.5) is 5.69 Å². The summed E-state index contributed by atoms with van der Waals surface area (Å²) in [7, 11) is 0. The van der Waals surface area contributed by atoms with Gasteiger partial charge in [0.15, 0.2) is 6.61 Å². The summed E-state index contributed by atoms with van der Waals surface area (Å²) in [6.07, 6.45) is 4.51. The van der Waals surface area contributed by atoms with Crippen molar-refractivity contribution < 1.29 is 9.63 Å². The maximum Gasteiger partial charge on any atom is 0.265 e. The van der Waals surface area contributed by atoms with Crippen molar-refractivity contribution in [1.29, 1.82) is 0 Å². The molecule has 20 heavy (non-hydrogen) atoms. The molecule has 0 aromatic heterocycles. The highest BCUT2D eigenvalue weighted by atomic mass is 16.6. The van der Waals surface area contributed by atoms with Crippen LogP contribution in [-0.4, -0.2) is 18.3 Å². The summed E-state index contributed by atoms with van der Waals surface area (Å²) in [6.45, 7) is 1.81. The minimum absolute atomic E-state index is 0.123. The summed E-state index contributed by atoms with van der Waals surface area (Å²) in [4.78, 5) is 16.8. The van der Waals surface area contributed by atoms with Gasteiger partial charge in [0.2, 0.25) is 0 Å². The second-order valence-electron chi connectivity index (χ2n) is 5.13. The maximum atomic E-state index is 11.7. The third-order valence-electron chi connectivity index (χ3n) is 3.56. The zero-order valence-electron chi connectivity index (χ0n) is 11.8. The van der Waals surface area contributed by atoms with Gasteiger partial charge in [-0.15, -0.1) is 0 Å². The molecule has 1 aliphatic rings. The fourth-order valence-corrected chi connectivity index (χ4v) is 2.36. The highest BCUT2D eigenvalue weighted by Gasteiger charge is 2.19. The summed E-state index contributed by atoms with van der Waals surface area (Å²) < 4.78 is 0. The smallest absolute Gasteiger partial charge is 0.265 e. The Kier molecular flexibility index (Phi) is 4.98. The first-order valence-electron chi connectivity index (χ1n) is 6.97. The van der Waals surface area contributed by atoms with Gasteiger partial charge in [-0.1, -0.05) is 36.2 Å². The van der Waals surface area contributed by atoms with Crippen LogP contribution in [0.5, 0.6) is 0 Å². The number of rotatable bonds is 5. The van der Waals surface area contributed by atoms with Gasteiger partial charge in [-0.2, -0.15) is 0 Å². The predicted octanol–water partition coefficient (Wildman–Crippen LogP) is 2.41. The van der Waals surface area contributed by atoms with E-state index in [2.05, 4.69) is 10.5 Å². The van der Waals surface area contributed by atoms with Crippen LogP contribution in [0, 0.1) is 12.8 Å². The minimum Gasteiger partial charge on any atom is -0.384 e. The lowest BCUT2D eigenvalue weighted by Crippen LogP contribution is -2.23. The average Bonchev–Trinajstić information content (AvgIpc) is 2.95. The molecular weight excluding hydrogens is 254 g/mol. The van der Waals surface area contributed by atoms with Crippen molar-refractivity contribution in [3.63, 3.8) is 0 Å². The van der Waals surface area contributed by atoms with Crippen molar-refractivity contribution in [2.24, 2.45) is 16.8 Å².